The number of amides is 1. The molecule has 1 unspecified atom stereocenters. The summed E-state index contributed by atoms with van der Waals surface area (Å²) in [6, 6.07) is 7.47. The second kappa shape index (κ2) is 5.72. The van der Waals surface area contributed by atoms with Gasteiger partial charge in [0, 0.05) is 18.4 Å². The largest absolute Gasteiger partial charge is 0.464 e. The summed E-state index contributed by atoms with van der Waals surface area (Å²) in [5.74, 6) is 0.441. The molecule has 0 N–H and O–H groups in total. The second-order valence-electron chi connectivity index (χ2n) is 5.70. The zero-order valence-electron chi connectivity index (χ0n) is 12.2. The quantitative estimate of drug-likeness (QED) is 0.792. The van der Waals surface area contributed by atoms with E-state index in [0.717, 1.165) is 18.2 Å². The Kier molecular flexibility index (Phi) is 3.78. The van der Waals surface area contributed by atoms with E-state index in [0.29, 0.717) is 30.0 Å². The first-order valence-corrected chi connectivity index (χ1v) is 7.46. The van der Waals surface area contributed by atoms with Gasteiger partial charge in [0.25, 0.3) is 0 Å². The molecule has 1 amide bonds. The van der Waals surface area contributed by atoms with Crippen molar-refractivity contribution >= 4 is 22.7 Å². The van der Waals surface area contributed by atoms with Crippen molar-refractivity contribution in [3.05, 3.63) is 36.1 Å². The molecule has 2 aromatic rings. The highest BCUT2D eigenvalue weighted by molar-refractivity contribution is 6.08. The first-order valence-electron chi connectivity index (χ1n) is 7.46. The minimum atomic E-state index is -0.0505. The lowest BCUT2D eigenvalue weighted by molar-refractivity contribution is -0.127. The Morgan fingerprint density at radius 3 is 3.00 bits per heavy atom. The van der Waals surface area contributed by atoms with E-state index in [4.69, 9.17) is 4.42 Å². The highest BCUT2D eigenvalue weighted by atomic mass is 16.3. The van der Waals surface area contributed by atoms with Crippen LogP contribution in [0, 0.1) is 5.92 Å². The fourth-order valence-corrected chi connectivity index (χ4v) is 3.06. The molecule has 0 radical (unpaired) electrons. The number of para-hydroxylation sites is 1. The van der Waals surface area contributed by atoms with Crippen LogP contribution in [0.15, 0.2) is 34.9 Å². The summed E-state index contributed by atoms with van der Waals surface area (Å²) >= 11 is 0. The van der Waals surface area contributed by atoms with Crippen LogP contribution in [0.25, 0.3) is 11.0 Å². The van der Waals surface area contributed by atoms with E-state index in [1.54, 1.807) is 4.90 Å². The Labute approximate surface area is 123 Å². The van der Waals surface area contributed by atoms with Gasteiger partial charge in [0.1, 0.15) is 11.8 Å². The number of rotatable bonds is 5. The van der Waals surface area contributed by atoms with Crippen molar-refractivity contribution in [3.8, 4) is 0 Å². The topological polar surface area (TPSA) is 50.5 Å². The van der Waals surface area contributed by atoms with E-state index in [-0.39, 0.29) is 18.2 Å². The maximum atomic E-state index is 12.4. The predicted molar refractivity (Wildman–Crippen MR) is 80.1 cm³/mol. The molecule has 4 nitrogen and oxygen atoms in total. The van der Waals surface area contributed by atoms with Gasteiger partial charge >= 0.3 is 0 Å². The highest BCUT2D eigenvalue weighted by Gasteiger charge is 2.30. The lowest BCUT2D eigenvalue weighted by atomic mass is 10.0. The number of carbonyl (C=O) groups is 2. The van der Waals surface area contributed by atoms with Crippen LogP contribution in [-0.4, -0.2) is 29.7 Å². The monoisotopic (exact) mass is 285 g/mol. The SMILES string of the molecule is CCCC1CC(=O)N(CC(=O)c2coc3ccccc23)C1. The fourth-order valence-electron chi connectivity index (χ4n) is 3.06. The Bertz CT molecular complexity index is 673. The lowest BCUT2D eigenvalue weighted by Gasteiger charge is -2.15. The average Bonchev–Trinajstić information content (AvgIpc) is 3.03. The Balaban J connectivity index is 1.73. The zero-order valence-corrected chi connectivity index (χ0v) is 12.2. The van der Waals surface area contributed by atoms with E-state index in [9.17, 15) is 9.59 Å². The molecular formula is C17H19NO3. The molecule has 2 heterocycles. The molecule has 1 aliphatic heterocycles. The maximum absolute atomic E-state index is 12.4. The molecule has 4 heteroatoms. The van der Waals surface area contributed by atoms with Crippen molar-refractivity contribution in [2.75, 3.05) is 13.1 Å². The summed E-state index contributed by atoms with van der Waals surface area (Å²) in [7, 11) is 0. The van der Waals surface area contributed by atoms with Crippen LogP contribution in [0.2, 0.25) is 0 Å². The van der Waals surface area contributed by atoms with Crippen molar-refractivity contribution in [2.45, 2.75) is 26.2 Å². The fraction of sp³-hybridized carbons (Fsp3) is 0.412. The summed E-state index contributed by atoms with van der Waals surface area (Å²) in [5, 5.41) is 0.819. The van der Waals surface area contributed by atoms with Crippen LogP contribution in [0.1, 0.15) is 36.5 Å². The molecule has 21 heavy (non-hydrogen) atoms. The van der Waals surface area contributed by atoms with Gasteiger partial charge in [-0.25, -0.2) is 0 Å². The van der Waals surface area contributed by atoms with Crippen molar-refractivity contribution < 1.29 is 14.0 Å². The summed E-state index contributed by atoms with van der Waals surface area (Å²) in [5.41, 5.74) is 1.27. The Hall–Kier alpha value is -2.10. The van der Waals surface area contributed by atoms with E-state index in [1.807, 2.05) is 24.3 Å². The van der Waals surface area contributed by atoms with Crippen molar-refractivity contribution in [3.63, 3.8) is 0 Å². The first-order chi connectivity index (χ1) is 10.2. The number of hydrogen-bond donors (Lipinski definition) is 0. The van der Waals surface area contributed by atoms with E-state index in [1.165, 1.54) is 6.26 Å². The second-order valence-corrected chi connectivity index (χ2v) is 5.70. The summed E-state index contributed by atoms with van der Waals surface area (Å²) < 4.78 is 5.40. The van der Waals surface area contributed by atoms with E-state index >= 15 is 0 Å². The first kappa shape index (κ1) is 13.9. The smallest absolute Gasteiger partial charge is 0.223 e. The van der Waals surface area contributed by atoms with Crippen molar-refractivity contribution in [2.24, 2.45) is 5.92 Å². The van der Waals surface area contributed by atoms with Crippen LogP contribution in [0.4, 0.5) is 0 Å². The summed E-state index contributed by atoms with van der Waals surface area (Å²) in [6.45, 7) is 2.98. The number of carbonyl (C=O) groups excluding carboxylic acids is 2. The number of nitrogens with zero attached hydrogens (tertiary/aromatic N) is 1. The van der Waals surface area contributed by atoms with Crippen LogP contribution in [-0.2, 0) is 4.79 Å². The van der Waals surface area contributed by atoms with Crippen LogP contribution >= 0.6 is 0 Å². The Morgan fingerprint density at radius 2 is 2.19 bits per heavy atom. The molecule has 1 aromatic heterocycles. The average molecular weight is 285 g/mol. The van der Waals surface area contributed by atoms with Gasteiger partial charge in [-0.1, -0.05) is 31.5 Å². The molecule has 1 aliphatic rings. The van der Waals surface area contributed by atoms with E-state index < -0.39 is 0 Å². The third kappa shape index (κ3) is 2.71. The van der Waals surface area contributed by atoms with Gasteiger partial charge in [-0.15, -0.1) is 0 Å². The van der Waals surface area contributed by atoms with Gasteiger partial charge in [0.2, 0.25) is 5.91 Å². The molecular weight excluding hydrogens is 266 g/mol. The van der Waals surface area contributed by atoms with Gasteiger partial charge in [-0.3, -0.25) is 9.59 Å². The van der Waals surface area contributed by atoms with Gasteiger partial charge in [0.05, 0.1) is 12.1 Å². The predicted octanol–water partition coefficient (Wildman–Crippen LogP) is 3.26. The molecule has 1 fully saturated rings. The third-order valence-corrected chi connectivity index (χ3v) is 4.11. The molecule has 1 atom stereocenters. The lowest BCUT2D eigenvalue weighted by Crippen LogP contribution is -2.31. The number of furan rings is 1. The molecule has 3 rings (SSSR count). The van der Waals surface area contributed by atoms with Crippen LogP contribution in [0.3, 0.4) is 0 Å². The molecule has 110 valence electrons. The maximum Gasteiger partial charge on any atom is 0.223 e. The summed E-state index contributed by atoms with van der Waals surface area (Å²) in [6.07, 6.45) is 4.20. The Morgan fingerprint density at radius 1 is 1.38 bits per heavy atom. The molecule has 1 aromatic carbocycles. The minimum absolute atomic E-state index is 0.0505. The van der Waals surface area contributed by atoms with Crippen LogP contribution < -0.4 is 0 Å². The highest BCUT2D eigenvalue weighted by Crippen LogP contribution is 2.24. The van der Waals surface area contributed by atoms with E-state index in [2.05, 4.69) is 6.92 Å². The molecule has 0 aliphatic carbocycles. The minimum Gasteiger partial charge on any atom is -0.464 e. The molecule has 0 bridgehead atoms. The zero-order chi connectivity index (χ0) is 14.8. The van der Waals surface area contributed by atoms with Gasteiger partial charge in [-0.05, 0) is 18.4 Å². The number of Topliss-reactive ketones (excluding diaryl/α,β-unsaturated/α-hetero) is 1. The third-order valence-electron chi connectivity index (χ3n) is 4.11. The molecule has 1 saturated heterocycles. The number of fused-ring (bicyclic) bond motifs is 1. The number of ketones is 1. The van der Waals surface area contributed by atoms with Gasteiger partial charge in [-0.2, -0.15) is 0 Å². The van der Waals surface area contributed by atoms with Crippen molar-refractivity contribution in [1.82, 2.24) is 4.90 Å². The van der Waals surface area contributed by atoms with Gasteiger partial charge in [0.15, 0.2) is 5.78 Å². The normalized spacial score (nSPS) is 18.6. The van der Waals surface area contributed by atoms with Crippen LogP contribution in [0.5, 0.6) is 0 Å². The number of likely N-dealkylation sites (tertiary alicyclic amines) is 1. The van der Waals surface area contributed by atoms with Gasteiger partial charge < -0.3 is 9.32 Å². The van der Waals surface area contributed by atoms with Crippen molar-refractivity contribution in [1.29, 1.82) is 0 Å². The number of hydrogen-bond acceptors (Lipinski definition) is 3. The number of benzene rings is 1. The summed E-state index contributed by atoms with van der Waals surface area (Å²) in [4.78, 5) is 26.1. The molecule has 0 spiro atoms. The molecule has 0 saturated carbocycles. The standard InChI is InChI=1S/C17H19NO3/c1-2-5-12-8-17(20)18(9-12)10-15(19)14-11-21-16-7-4-3-6-13(14)16/h3-4,6-7,11-12H,2,5,8-10H2,1H3.